The number of carbonyl (C=O) groups is 8. The van der Waals surface area contributed by atoms with Crippen molar-refractivity contribution in [2.75, 3.05) is 99.7 Å². The quantitative estimate of drug-likeness (QED) is 0.0118. The molecule has 4 aromatic rings. The molecule has 0 unspecified atom stereocenters. The average Bonchev–Trinajstić information content (AvgIpc) is 1.75. The number of aldehydes is 1. The molecule has 24 nitrogen and oxygen atoms in total. The summed E-state index contributed by atoms with van der Waals surface area (Å²) in [4.78, 5) is 90.9. The molecule has 0 bridgehead atoms. The maximum absolute atomic E-state index is 12.1. The first kappa shape index (κ1) is 99.3. The monoisotopic (exact) mass is 1680 g/mol. The van der Waals surface area contributed by atoms with Gasteiger partial charge in [-0.25, -0.2) is 14.4 Å². The summed E-state index contributed by atoms with van der Waals surface area (Å²) in [5.41, 5.74) is 3.81. The third kappa shape index (κ3) is 44.9. The standard InChI is InChI=1S/C17H23NO3.C17H19NO3.C12H10O4.C9H15NO.C8H6O3.2C5H11N.C5H8O2.C4H5ClO.C4H6O2.CH3.Pd/c2*19-17(18-10-4-1-5-11-18)7-3-2-6-14-8-9-15-16(12-14)21-13-20-15;13-12(14)4-2-1-3-9-5-6-10-11(7-9)16-8-15-10;1-2-6-9(11)10-7-4-3-5-8-10;9-4-6-1-2-7-8(3-6)11-5-10-7;2*1-2-4-6-5-3-1;1-3-4-5(6)7-2;2*1-2-3-4(5)6;;/h8-9,12H,1-7,10-11,13H2;2-3,6-9,12H,1,4-5,10-11,13H2;1-7H,8H2,(H,13,14);2,6H,3-5,7-8H2,1H3;1-4H,5H2;2*6H,1-5H2;3-4H,1-2H3;2-3H,1H3;2-3H,1H3,(H,5,6);1H3;/q;;;;;;;;;;-1;/b;6-2+,7-3+;3-1+,4-2+;6-2+;;;;4-3+;2*3-2+;;. The van der Waals surface area contributed by atoms with Crippen molar-refractivity contribution < 1.29 is 112 Å². The SMILES string of the molecule is C/C=C/C(=O)Cl.C/C=C/C(=O)N1CCCCC1.C/C=C/C(=O)O.C/C=C/C(=O)OC.C1CCNCC1.C1CCNCC1.O=C(/C=C/C=C/c1ccc2c(c1)OCO2)N1CCCCC1.O=C(CCCCc1ccc2c(c1)OCO2)N1CCCCC1.O=C(O)/C=C/C=C/c1ccc2c(c1)OCO2.O=Cc1ccc2c(c1)OCO2.[CH3-].[Pd]. The van der Waals surface area contributed by atoms with E-state index in [9.17, 15) is 38.4 Å². The zero-order valence-corrected chi connectivity index (χ0v) is 68.8. The number of allylic oxidation sites excluding steroid dienone is 9. The number of ether oxygens (including phenoxy) is 9. The number of halogens is 1. The van der Waals surface area contributed by atoms with E-state index in [1.165, 1.54) is 147 Å². The van der Waals surface area contributed by atoms with Crippen LogP contribution >= 0.6 is 11.6 Å². The Bertz CT molecular complexity index is 3640. The minimum Gasteiger partial charge on any atom is -0.478 e. The van der Waals surface area contributed by atoms with E-state index in [4.69, 9.17) is 59.7 Å². The maximum atomic E-state index is 12.1. The van der Waals surface area contributed by atoms with E-state index in [0.29, 0.717) is 41.9 Å². The fraction of sp³-hybridized carbons (Fsp3) is 0.437. The van der Waals surface area contributed by atoms with Crippen LogP contribution in [0.1, 0.15) is 170 Å². The molecular weight excluding hydrogens is 1560 g/mol. The number of amides is 3. The van der Waals surface area contributed by atoms with Gasteiger partial charge in [0.1, 0.15) is 6.29 Å². The molecule has 0 atom stereocenters. The molecule has 622 valence electrons. The van der Waals surface area contributed by atoms with Crippen LogP contribution in [-0.2, 0) is 65.1 Å². The molecule has 4 N–H and O–H groups in total. The van der Waals surface area contributed by atoms with E-state index in [2.05, 4.69) is 27.5 Å². The molecule has 13 rings (SSSR count). The van der Waals surface area contributed by atoms with Crippen LogP contribution in [-0.4, -0.2) is 172 Å². The average molecular weight is 1680 g/mol. The fourth-order valence-corrected chi connectivity index (χ4v) is 11.4. The van der Waals surface area contributed by atoms with Crippen LogP contribution in [0.4, 0.5) is 0 Å². The maximum Gasteiger partial charge on any atom is 0.330 e. The van der Waals surface area contributed by atoms with Gasteiger partial charge in [-0.05, 0) is 252 Å². The van der Waals surface area contributed by atoms with Crippen molar-refractivity contribution in [3.63, 3.8) is 0 Å². The molecule has 5 fully saturated rings. The van der Waals surface area contributed by atoms with E-state index >= 15 is 0 Å². The summed E-state index contributed by atoms with van der Waals surface area (Å²) < 4.78 is 46.1. The number of nitrogens with zero attached hydrogens (tertiary/aromatic N) is 3. The third-order valence-corrected chi connectivity index (χ3v) is 17.2. The number of esters is 1. The van der Waals surface area contributed by atoms with Crippen molar-refractivity contribution in [1.29, 1.82) is 0 Å². The van der Waals surface area contributed by atoms with E-state index in [1.54, 1.807) is 87.6 Å². The zero-order valence-electron chi connectivity index (χ0n) is 66.4. The number of benzene rings is 4. The summed E-state index contributed by atoms with van der Waals surface area (Å²) in [6, 6.07) is 22.5. The van der Waals surface area contributed by atoms with Gasteiger partial charge in [0, 0.05) is 96.0 Å². The van der Waals surface area contributed by atoms with E-state index < -0.39 is 17.2 Å². The minimum atomic E-state index is -0.963. The second-order valence-corrected chi connectivity index (χ2v) is 26.0. The molecule has 0 saturated carbocycles. The molecule has 0 aliphatic carbocycles. The molecule has 0 spiro atoms. The van der Waals surface area contributed by atoms with Crippen molar-refractivity contribution in [3.8, 4) is 46.0 Å². The van der Waals surface area contributed by atoms with Gasteiger partial charge in [0.15, 0.2) is 46.0 Å². The Morgan fingerprint density at radius 2 is 0.788 bits per heavy atom. The molecule has 9 heterocycles. The van der Waals surface area contributed by atoms with Gasteiger partial charge >= 0.3 is 17.9 Å². The van der Waals surface area contributed by atoms with Crippen molar-refractivity contribution >= 4 is 70.9 Å². The molecular formula is C87H117ClN5O19Pd-. The predicted molar refractivity (Wildman–Crippen MR) is 438 cm³/mol. The van der Waals surface area contributed by atoms with Gasteiger partial charge in [-0.2, -0.15) is 0 Å². The van der Waals surface area contributed by atoms with Crippen molar-refractivity contribution in [3.05, 3.63) is 188 Å². The number of rotatable bonds is 16. The molecule has 3 amide bonds. The number of fused-ring (bicyclic) bond motifs is 4. The summed E-state index contributed by atoms with van der Waals surface area (Å²) in [5, 5.41) is 22.4. The van der Waals surface area contributed by atoms with Crippen LogP contribution in [0.2, 0.25) is 0 Å². The number of likely N-dealkylation sites (tertiary alicyclic amines) is 3. The van der Waals surface area contributed by atoms with Crippen LogP contribution in [0.25, 0.3) is 12.2 Å². The number of hydrogen-bond acceptors (Lipinski definition) is 19. The Hall–Kier alpha value is -9.77. The van der Waals surface area contributed by atoms with Gasteiger partial charge in [0.2, 0.25) is 50.1 Å². The second-order valence-electron chi connectivity index (χ2n) is 25.6. The van der Waals surface area contributed by atoms with E-state index in [0.717, 1.165) is 130 Å². The topological polar surface area (TPSA) is 294 Å². The molecule has 0 aromatic heterocycles. The molecule has 113 heavy (non-hydrogen) atoms. The van der Waals surface area contributed by atoms with E-state index in [1.807, 2.05) is 76.2 Å². The molecule has 5 saturated heterocycles. The van der Waals surface area contributed by atoms with Gasteiger partial charge in [-0.3, -0.25) is 24.0 Å². The first-order chi connectivity index (χ1) is 54.0. The molecule has 9 aliphatic rings. The zero-order chi connectivity index (χ0) is 80.3. The van der Waals surface area contributed by atoms with Crippen LogP contribution in [0, 0.1) is 7.43 Å². The molecule has 0 radical (unpaired) electrons. The number of hydrogen-bond donors (Lipinski definition) is 4. The molecule has 4 aromatic carbocycles. The number of carboxylic acid groups (broad SMARTS) is 2. The summed E-state index contributed by atoms with van der Waals surface area (Å²) >= 11 is 4.85. The summed E-state index contributed by atoms with van der Waals surface area (Å²) in [5.74, 6) is 4.48. The first-order valence-electron chi connectivity index (χ1n) is 38.2. The minimum absolute atomic E-state index is 0. The largest absolute Gasteiger partial charge is 0.478 e. The summed E-state index contributed by atoms with van der Waals surface area (Å²) in [6.45, 7) is 18.7. The molecule has 26 heteroatoms. The van der Waals surface area contributed by atoms with Crippen LogP contribution in [0.15, 0.2) is 158 Å². The Morgan fingerprint density at radius 3 is 1.13 bits per heavy atom. The van der Waals surface area contributed by atoms with Gasteiger partial charge in [0.25, 0.3) is 0 Å². The van der Waals surface area contributed by atoms with Crippen LogP contribution in [0.5, 0.6) is 46.0 Å². The normalized spacial score (nSPS) is 15.7. The third-order valence-electron chi connectivity index (χ3n) is 17.0. The molecule has 9 aliphatic heterocycles. The van der Waals surface area contributed by atoms with Crippen LogP contribution < -0.4 is 48.5 Å². The Kier molecular flexibility index (Phi) is 55.1. The number of piperidine rings is 5. The number of unbranched alkanes of at least 4 members (excludes halogenated alkanes) is 1. The Balaban J connectivity index is 0.000000442. The van der Waals surface area contributed by atoms with Gasteiger partial charge in [0.05, 0.1) is 7.11 Å². The number of aryl methyl sites for hydroxylation is 1. The second kappa shape index (κ2) is 62.7. The number of aliphatic carboxylic acids is 2. The van der Waals surface area contributed by atoms with Gasteiger partial charge in [-0.15, -0.1) is 0 Å². The van der Waals surface area contributed by atoms with Crippen molar-refractivity contribution in [2.45, 2.75) is 150 Å². The van der Waals surface area contributed by atoms with E-state index in [-0.39, 0.29) is 66.0 Å². The number of carboxylic acids is 2. The van der Waals surface area contributed by atoms with Crippen molar-refractivity contribution in [2.24, 2.45) is 0 Å². The van der Waals surface area contributed by atoms with Gasteiger partial charge in [-0.1, -0.05) is 91.8 Å². The fourth-order valence-electron chi connectivity index (χ4n) is 11.3. The van der Waals surface area contributed by atoms with Gasteiger partial charge < -0.3 is 85.6 Å². The number of nitrogens with one attached hydrogen (secondary N) is 2. The predicted octanol–water partition coefficient (Wildman–Crippen LogP) is 15.7. The first-order valence-corrected chi connectivity index (χ1v) is 38.6. The number of carbonyl (C=O) groups excluding carboxylic acids is 6. The van der Waals surface area contributed by atoms with Crippen molar-refractivity contribution in [1.82, 2.24) is 25.3 Å². The Labute approximate surface area is 686 Å². The summed E-state index contributed by atoms with van der Waals surface area (Å²) in [6.07, 6.45) is 48.7. The summed E-state index contributed by atoms with van der Waals surface area (Å²) in [7, 11) is 1.35. The Morgan fingerprint density at radius 1 is 0.425 bits per heavy atom. The van der Waals surface area contributed by atoms with Crippen LogP contribution in [0.3, 0.4) is 0 Å². The number of methoxy groups -OCH3 is 1. The smallest absolute Gasteiger partial charge is 0.330 e.